The Morgan fingerprint density at radius 2 is 1.91 bits per heavy atom. The first-order valence-corrected chi connectivity index (χ1v) is 13.2. The molecular formula is C24H28N6O3S. The highest BCUT2D eigenvalue weighted by Crippen LogP contribution is 2.31. The van der Waals surface area contributed by atoms with Crippen LogP contribution in [0.15, 0.2) is 48.8 Å². The number of ether oxygens (including phenoxy) is 1. The fourth-order valence-corrected chi connectivity index (χ4v) is 5.30. The Kier molecular flexibility index (Phi) is 5.86. The van der Waals surface area contributed by atoms with E-state index in [4.69, 9.17) is 14.7 Å². The van der Waals surface area contributed by atoms with Gasteiger partial charge in [-0.3, -0.25) is 0 Å². The third-order valence-corrected chi connectivity index (χ3v) is 7.56. The molecule has 5 rings (SSSR count). The third kappa shape index (κ3) is 4.43. The van der Waals surface area contributed by atoms with E-state index in [1.54, 1.807) is 6.20 Å². The van der Waals surface area contributed by atoms with Crippen molar-refractivity contribution in [2.24, 2.45) is 0 Å². The highest BCUT2D eigenvalue weighted by atomic mass is 32.2. The first kappa shape index (κ1) is 22.5. The second kappa shape index (κ2) is 8.84. The molecule has 178 valence electrons. The van der Waals surface area contributed by atoms with Gasteiger partial charge in [-0.2, -0.15) is 10.1 Å². The van der Waals surface area contributed by atoms with Crippen molar-refractivity contribution in [3.8, 4) is 5.88 Å². The number of hydrogen-bond acceptors (Lipinski definition) is 7. The summed E-state index contributed by atoms with van der Waals surface area (Å²) in [6.45, 7) is 4.94. The van der Waals surface area contributed by atoms with E-state index in [9.17, 15) is 8.42 Å². The molecule has 0 amide bonds. The van der Waals surface area contributed by atoms with Crippen LogP contribution in [-0.4, -0.2) is 57.8 Å². The van der Waals surface area contributed by atoms with Crippen molar-refractivity contribution in [1.82, 2.24) is 23.9 Å². The minimum Gasteiger partial charge on any atom is -0.474 e. The van der Waals surface area contributed by atoms with E-state index in [1.165, 1.54) is 10.6 Å². The molecule has 0 saturated carbocycles. The SMILES string of the molecule is Cc1cccc2nc([C@H](C)Nc3ccnn4cccc34)nc(OC3CCN(S(C)(=O)=O)CC3)c12. The molecule has 0 bridgehead atoms. The lowest BCUT2D eigenvalue weighted by Crippen LogP contribution is -2.41. The average Bonchev–Trinajstić information content (AvgIpc) is 3.29. The van der Waals surface area contributed by atoms with Crippen LogP contribution in [0.3, 0.4) is 0 Å². The molecule has 0 unspecified atom stereocenters. The standard InChI is InChI=1S/C24H28N6O3S/c1-16-6-4-7-20-22(16)24(33-18-10-14-29(15-11-18)34(3,31)32)28-23(27-20)17(2)26-19-9-12-25-30-13-5-8-21(19)30/h4-9,12-13,17-18,26H,10-11,14-15H2,1-3H3/t17-/m0/s1. The molecule has 3 aromatic heterocycles. The number of hydrogen-bond donors (Lipinski definition) is 1. The maximum Gasteiger partial charge on any atom is 0.225 e. The van der Waals surface area contributed by atoms with Gasteiger partial charge >= 0.3 is 0 Å². The zero-order valence-electron chi connectivity index (χ0n) is 19.5. The Bertz CT molecular complexity index is 1440. The van der Waals surface area contributed by atoms with Crippen molar-refractivity contribution >= 4 is 32.1 Å². The molecule has 1 aliphatic heterocycles. The van der Waals surface area contributed by atoms with E-state index >= 15 is 0 Å². The molecule has 9 nitrogen and oxygen atoms in total. The van der Waals surface area contributed by atoms with Crippen LogP contribution >= 0.6 is 0 Å². The third-order valence-electron chi connectivity index (χ3n) is 6.26. The monoisotopic (exact) mass is 480 g/mol. The number of benzene rings is 1. The molecule has 1 N–H and O–H groups in total. The molecule has 4 heterocycles. The summed E-state index contributed by atoms with van der Waals surface area (Å²) in [6, 6.07) is 11.7. The summed E-state index contributed by atoms with van der Waals surface area (Å²) in [5, 5.41) is 8.71. The van der Waals surface area contributed by atoms with E-state index < -0.39 is 10.0 Å². The number of nitrogens with zero attached hydrogens (tertiary/aromatic N) is 5. The maximum atomic E-state index is 11.9. The summed E-state index contributed by atoms with van der Waals surface area (Å²) in [5.41, 5.74) is 3.78. The van der Waals surface area contributed by atoms with Gasteiger partial charge in [0.25, 0.3) is 0 Å². The van der Waals surface area contributed by atoms with Crippen LogP contribution in [0.5, 0.6) is 5.88 Å². The fourth-order valence-electron chi connectivity index (χ4n) is 4.42. The van der Waals surface area contributed by atoms with Crippen molar-refractivity contribution < 1.29 is 13.2 Å². The lowest BCUT2D eigenvalue weighted by Gasteiger charge is -2.30. The van der Waals surface area contributed by atoms with Gasteiger partial charge in [0, 0.05) is 25.5 Å². The van der Waals surface area contributed by atoms with Gasteiger partial charge in [-0.1, -0.05) is 12.1 Å². The molecule has 4 aromatic rings. The quantitative estimate of drug-likeness (QED) is 0.450. The van der Waals surface area contributed by atoms with Crippen molar-refractivity contribution in [3.63, 3.8) is 0 Å². The number of piperidine rings is 1. The largest absolute Gasteiger partial charge is 0.474 e. The summed E-state index contributed by atoms with van der Waals surface area (Å²) in [5.74, 6) is 1.18. The number of rotatable bonds is 6. The number of anilines is 1. The fraction of sp³-hybridized carbons (Fsp3) is 0.375. The zero-order valence-corrected chi connectivity index (χ0v) is 20.3. The Hall–Kier alpha value is -3.24. The lowest BCUT2D eigenvalue weighted by atomic mass is 10.1. The van der Waals surface area contributed by atoms with Crippen molar-refractivity contribution in [3.05, 3.63) is 60.2 Å². The summed E-state index contributed by atoms with van der Waals surface area (Å²) < 4.78 is 33.4. The van der Waals surface area contributed by atoms with E-state index in [0.29, 0.717) is 37.6 Å². The van der Waals surface area contributed by atoms with Crippen LogP contribution in [0.2, 0.25) is 0 Å². The van der Waals surface area contributed by atoms with E-state index in [2.05, 4.69) is 10.4 Å². The number of aromatic nitrogens is 4. The van der Waals surface area contributed by atoms with Gasteiger partial charge in [-0.15, -0.1) is 0 Å². The van der Waals surface area contributed by atoms with Crippen molar-refractivity contribution in [2.45, 2.75) is 38.8 Å². The van der Waals surface area contributed by atoms with Gasteiger partial charge in [-0.05, 0) is 56.5 Å². The summed E-state index contributed by atoms with van der Waals surface area (Å²) >= 11 is 0. The minimum absolute atomic E-state index is 0.104. The molecule has 10 heteroatoms. The number of sulfonamides is 1. The number of fused-ring (bicyclic) bond motifs is 2. The molecular weight excluding hydrogens is 452 g/mol. The van der Waals surface area contributed by atoms with Crippen LogP contribution in [0.1, 0.15) is 37.2 Å². The lowest BCUT2D eigenvalue weighted by molar-refractivity contribution is 0.131. The summed E-state index contributed by atoms with van der Waals surface area (Å²) in [4.78, 5) is 9.67. The summed E-state index contributed by atoms with van der Waals surface area (Å²) in [6.07, 6.45) is 6.05. The second-order valence-corrected chi connectivity index (χ2v) is 10.8. The Balaban J connectivity index is 1.44. The minimum atomic E-state index is -3.19. The van der Waals surface area contributed by atoms with Crippen LogP contribution in [0, 0.1) is 6.92 Å². The van der Waals surface area contributed by atoms with Crippen molar-refractivity contribution in [1.29, 1.82) is 0 Å². The van der Waals surface area contributed by atoms with Gasteiger partial charge < -0.3 is 10.1 Å². The molecule has 1 aromatic carbocycles. The van der Waals surface area contributed by atoms with Crippen LogP contribution in [-0.2, 0) is 10.0 Å². The predicted molar refractivity (Wildman–Crippen MR) is 132 cm³/mol. The van der Waals surface area contributed by atoms with Crippen molar-refractivity contribution in [2.75, 3.05) is 24.7 Å². The van der Waals surface area contributed by atoms with E-state index in [1.807, 2.05) is 61.0 Å². The molecule has 0 radical (unpaired) electrons. The first-order valence-electron chi connectivity index (χ1n) is 11.4. The smallest absolute Gasteiger partial charge is 0.225 e. The molecule has 1 aliphatic rings. The predicted octanol–water partition coefficient (Wildman–Crippen LogP) is 3.56. The molecule has 34 heavy (non-hydrogen) atoms. The molecule has 1 fully saturated rings. The van der Waals surface area contributed by atoms with Crippen LogP contribution in [0.4, 0.5) is 5.69 Å². The van der Waals surface area contributed by atoms with Crippen LogP contribution in [0.25, 0.3) is 16.4 Å². The van der Waals surface area contributed by atoms with Crippen LogP contribution < -0.4 is 10.1 Å². The first-order chi connectivity index (χ1) is 16.3. The molecule has 1 atom stereocenters. The van der Waals surface area contributed by atoms with Gasteiger partial charge in [0.15, 0.2) is 5.82 Å². The highest BCUT2D eigenvalue weighted by Gasteiger charge is 2.27. The second-order valence-electron chi connectivity index (χ2n) is 8.78. The number of nitrogens with one attached hydrogen (secondary N) is 1. The zero-order chi connectivity index (χ0) is 23.9. The molecule has 0 aliphatic carbocycles. The molecule has 1 saturated heterocycles. The Morgan fingerprint density at radius 3 is 2.68 bits per heavy atom. The normalized spacial score (nSPS) is 16.7. The molecule has 0 spiro atoms. The van der Waals surface area contributed by atoms with E-state index in [-0.39, 0.29) is 12.1 Å². The van der Waals surface area contributed by atoms with Gasteiger partial charge in [0.05, 0.1) is 34.4 Å². The van der Waals surface area contributed by atoms with Gasteiger partial charge in [-0.25, -0.2) is 22.2 Å². The van der Waals surface area contributed by atoms with Gasteiger partial charge in [0.1, 0.15) is 6.10 Å². The Morgan fingerprint density at radius 1 is 1.12 bits per heavy atom. The van der Waals surface area contributed by atoms with E-state index in [0.717, 1.165) is 27.7 Å². The number of aryl methyl sites for hydroxylation is 1. The maximum absolute atomic E-state index is 11.9. The average molecular weight is 481 g/mol. The topological polar surface area (TPSA) is 102 Å². The highest BCUT2D eigenvalue weighted by molar-refractivity contribution is 7.88. The Labute approximate surface area is 198 Å². The summed E-state index contributed by atoms with van der Waals surface area (Å²) in [7, 11) is -3.19. The van der Waals surface area contributed by atoms with Gasteiger partial charge in [0.2, 0.25) is 15.9 Å².